The number of fused-ring (bicyclic) bond motifs is 1. The quantitative estimate of drug-likeness (QED) is 0.854. The monoisotopic (exact) mass is 230 g/mol. The molecule has 1 unspecified atom stereocenters. The largest absolute Gasteiger partial charge is 0.348 e. The zero-order valence-electron chi connectivity index (χ0n) is 11.2. The minimum atomic E-state index is 0.569. The Morgan fingerprint density at radius 1 is 1.29 bits per heavy atom. The molecule has 2 rings (SSSR count). The van der Waals surface area contributed by atoms with Crippen molar-refractivity contribution in [3.05, 3.63) is 35.5 Å². The van der Waals surface area contributed by atoms with E-state index in [-0.39, 0.29) is 0 Å². The Morgan fingerprint density at radius 3 is 2.65 bits per heavy atom. The molecule has 0 aliphatic heterocycles. The van der Waals surface area contributed by atoms with E-state index in [4.69, 9.17) is 0 Å². The summed E-state index contributed by atoms with van der Waals surface area (Å²) in [5, 5.41) is 4.80. The third-order valence-electron chi connectivity index (χ3n) is 3.88. The highest BCUT2D eigenvalue weighted by Gasteiger charge is 2.14. The Labute approximate surface area is 104 Å². The van der Waals surface area contributed by atoms with Gasteiger partial charge in [-0.1, -0.05) is 25.1 Å². The summed E-state index contributed by atoms with van der Waals surface area (Å²) in [4.78, 5) is 0. The molecule has 0 aliphatic carbocycles. The predicted molar refractivity (Wildman–Crippen MR) is 74.5 cm³/mol. The van der Waals surface area contributed by atoms with Crippen molar-refractivity contribution >= 4 is 10.9 Å². The van der Waals surface area contributed by atoms with E-state index in [9.17, 15) is 0 Å². The summed E-state index contributed by atoms with van der Waals surface area (Å²) in [6.07, 6.45) is 2.28. The minimum absolute atomic E-state index is 0.569. The van der Waals surface area contributed by atoms with E-state index in [2.05, 4.69) is 62.1 Å². The van der Waals surface area contributed by atoms with Crippen LogP contribution in [0.4, 0.5) is 0 Å². The van der Waals surface area contributed by atoms with Gasteiger partial charge in [0, 0.05) is 29.7 Å². The van der Waals surface area contributed by atoms with E-state index in [0.29, 0.717) is 6.04 Å². The summed E-state index contributed by atoms with van der Waals surface area (Å²) >= 11 is 0. The first-order valence-corrected chi connectivity index (χ1v) is 6.39. The van der Waals surface area contributed by atoms with E-state index in [1.165, 1.54) is 28.6 Å². The molecule has 92 valence electrons. The van der Waals surface area contributed by atoms with Gasteiger partial charge in [0.1, 0.15) is 0 Å². The van der Waals surface area contributed by atoms with Gasteiger partial charge in [-0.15, -0.1) is 0 Å². The van der Waals surface area contributed by atoms with Gasteiger partial charge in [-0.2, -0.15) is 0 Å². The zero-order chi connectivity index (χ0) is 12.4. The average molecular weight is 230 g/mol. The van der Waals surface area contributed by atoms with Crippen LogP contribution in [-0.2, 0) is 13.5 Å². The maximum absolute atomic E-state index is 3.39. The van der Waals surface area contributed by atoms with Crippen LogP contribution in [0.2, 0.25) is 0 Å². The SMILES string of the molecule is CCC(Cc1c(C)n(C)c2ccccc12)NC. The maximum atomic E-state index is 3.39. The molecule has 17 heavy (non-hydrogen) atoms. The number of para-hydroxylation sites is 1. The third-order valence-corrected chi connectivity index (χ3v) is 3.88. The van der Waals surface area contributed by atoms with Crippen LogP contribution < -0.4 is 5.32 Å². The summed E-state index contributed by atoms with van der Waals surface area (Å²) < 4.78 is 2.30. The molecule has 1 atom stereocenters. The Morgan fingerprint density at radius 2 is 2.00 bits per heavy atom. The molecule has 1 aromatic carbocycles. The highest BCUT2D eigenvalue weighted by molar-refractivity contribution is 5.85. The molecule has 0 bridgehead atoms. The van der Waals surface area contributed by atoms with Gasteiger partial charge >= 0.3 is 0 Å². The van der Waals surface area contributed by atoms with Gasteiger partial charge < -0.3 is 9.88 Å². The standard InChI is InChI=1S/C15H22N2/c1-5-12(16-3)10-14-11(2)17(4)15-9-7-6-8-13(14)15/h6-9,12,16H,5,10H2,1-4H3. The Hall–Kier alpha value is -1.28. The molecular weight excluding hydrogens is 208 g/mol. The van der Waals surface area contributed by atoms with Gasteiger partial charge in [0.05, 0.1) is 0 Å². The second kappa shape index (κ2) is 4.92. The zero-order valence-corrected chi connectivity index (χ0v) is 11.2. The molecule has 0 amide bonds. The molecule has 0 spiro atoms. The van der Waals surface area contributed by atoms with E-state index in [1.54, 1.807) is 0 Å². The van der Waals surface area contributed by atoms with Crippen molar-refractivity contribution < 1.29 is 0 Å². The van der Waals surface area contributed by atoms with Crippen LogP contribution in [0.15, 0.2) is 24.3 Å². The van der Waals surface area contributed by atoms with Gasteiger partial charge in [-0.05, 0) is 38.4 Å². The lowest BCUT2D eigenvalue weighted by atomic mass is 10.0. The molecule has 0 saturated heterocycles. The molecule has 2 heteroatoms. The summed E-state index contributed by atoms with van der Waals surface area (Å²) in [5.41, 5.74) is 4.22. The lowest BCUT2D eigenvalue weighted by Crippen LogP contribution is -2.26. The van der Waals surface area contributed by atoms with Gasteiger partial charge in [0.2, 0.25) is 0 Å². The fourth-order valence-electron chi connectivity index (χ4n) is 2.55. The first-order valence-electron chi connectivity index (χ1n) is 6.39. The van der Waals surface area contributed by atoms with Crippen LogP contribution in [0.1, 0.15) is 24.6 Å². The van der Waals surface area contributed by atoms with Crippen molar-refractivity contribution in [1.82, 2.24) is 9.88 Å². The molecule has 1 heterocycles. The number of likely N-dealkylation sites (N-methyl/N-ethyl adjacent to an activating group) is 1. The topological polar surface area (TPSA) is 17.0 Å². The van der Waals surface area contributed by atoms with Crippen LogP contribution in [0.3, 0.4) is 0 Å². The molecule has 1 N–H and O–H groups in total. The number of aromatic nitrogens is 1. The van der Waals surface area contributed by atoms with E-state index < -0.39 is 0 Å². The van der Waals surface area contributed by atoms with Crippen molar-refractivity contribution in [2.45, 2.75) is 32.7 Å². The van der Waals surface area contributed by atoms with Gasteiger partial charge in [0.25, 0.3) is 0 Å². The number of rotatable bonds is 4. The highest BCUT2D eigenvalue weighted by Crippen LogP contribution is 2.26. The average Bonchev–Trinajstić information content (AvgIpc) is 2.61. The summed E-state index contributed by atoms with van der Waals surface area (Å²) in [5.74, 6) is 0. The lowest BCUT2D eigenvalue weighted by molar-refractivity contribution is 0.543. The van der Waals surface area contributed by atoms with Crippen LogP contribution in [0, 0.1) is 6.92 Å². The summed E-state index contributed by atoms with van der Waals surface area (Å²) in [7, 11) is 4.20. The predicted octanol–water partition coefficient (Wildman–Crippen LogP) is 3.03. The van der Waals surface area contributed by atoms with Crippen LogP contribution in [0.25, 0.3) is 10.9 Å². The van der Waals surface area contributed by atoms with Crippen LogP contribution in [-0.4, -0.2) is 17.7 Å². The van der Waals surface area contributed by atoms with Gasteiger partial charge in [0.15, 0.2) is 0 Å². The number of nitrogens with one attached hydrogen (secondary N) is 1. The first-order chi connectivity index (χ1) is 8.19. The van der Waals surface area contributed by atoms with E-state index in [0.717, 1.165) is 6.42 Å². The van der Waals surface area contributed by atoms with Gasteiger partial charge in [-0.25, -0.2) is 0 Å². The number of aryl methyl sites for hydroxylation is 1. The molecule has 0 saturated carbocycles. The van der Waals surface area contributed by atoms with Crippen molar-refractivity contribution in [3.63, 3.8) is 0 Å². The molecule has 2 nitrogen and oxygen atoms in total. The summed E-state index contributed by atoms with van der Waals surface area (Å²) in [6, 6.07) is 9.25. The highest BCUT2D eigenvalue weighted by atomic mass is 14.9. The first kappa shape index (κ1) is 12.2. The number of hydrogen-bond donors (Lipinski definition) is 1. The fourth-order valence-corrected chi connectivity index (χ4v) is 2.55. The van der Waals surface area contributed by atoms with Crippen molar-refractivity contribution in [2.24, 2.45) is 7.05 Å². The molecule has 0 fully saturated rings. The number of hydrogen-bond acceptors (Lipinski definition) is 1. The Bertz CT molecular complexity index is 507. The molecular formula is C15H22N2. The second-order valence-electron chi connectivity index (χ2n) is 4.74. The molecule has 0 aliphatic rings. The van der Waals surface area contributed by atoms with Gasteiger partial charge in [-0.3, -0.25) is 0 Å². The summed E-state index contributed by atoms with van der Waals surface area (Å²) in [6.45, 7) is 4.46. The van der Waals surface area contributed by atoms with Crippen LogP contribution >= 0.6 is 0 Å². The third kappa shape index (κ3) is 2.09. The minimum Gasteiger partial charge on any atom is -0.348 e. The molecule has 0 radical (unpaired) electrons. The molecule has 2 aromatic rings. The van der Waals surface area contributed by atoms with Crippen LogP contribution in [0.5, 0.6) is 0 Å². The number of benzene rings is 1. The molecule has 1 aromatic heterocycles. The van der Waals surface area contributed by atoms with Crippen molar-refractivity contribution in [2.75, 3.05) is 7.05 Å². The van der Waals surface area contributed by atoms with Crippen molar-refractivity contribution in [3.8, 4) is 0 Å². The van der Waals surface area contributed by atoms with E-state index >= 15 is 0 Å². The number of nitrogens with zero attached hydrogens (tertiary/aromatic N) is 1. The van der Waals surface area contributed by atoms with Crippen molar-refractivity contribution in [1.29, 1.82) is 0 Å². The normalized spacial score (nSPS) is 13.2. The smallest absolute Gasteiger partial charge is 0.0482 e. The van der Waals surface area contributed by atoms with E-state index in [1.807, 2.05) is 0 Å². The lowest BCUT2D eigenvalue weighted by Gasteiger charge is -2.14. The second-order valence-corrected chi connectivity index (χ2v) is 4.74. The Balaban J connectivity index is 2.49. The maximum Gasteiger partial charge on any atom is 0.0482 e. The fraction of sp³-hybridized carbons (Fsp3) is 0.467. The Kier molecular flexibility index (Phi) is 3.53.